The number of fused-ring (bicyclic) bond motifs is 1. The maximum Gasteiger partial charge on any atom is 0.407 e. The van der Waals surface area contributed by atoms with Gasteiger partial charge in [0.1, 0.15) is 6.61 Å². The Morgan fingerprint density at radius 2 is 2.11 bits per heavy atom. The van der Waals surface area contributed by atoms with Crippen molar-refractivity contribution in [3.05, 3.63) is 59.0 Å². The summed E-state index contributed by atoms with van der Waals surface area (Å²) < 4.78 is 7.58. The number of aromatic nitrogens is 3. The van der Waals surface area contributed by atoms with Crippen molar-refractivity contribution in [3.8, 4) is 5.88 Å². The highest BCUT2D eigenvalue weighted by atomic mass is 35.5. The van der Waals surface area contributed by atoms with Gasteiger partial charge in [0.05, 0.1) is 16.7 Å². The number of likely N-dealkylation sites (tertiary alicyclic amines) is 1. The molecule has 3 aromatic rings. The minimum Gasteiger partial charge on any atom is -0.473 e. The van der Waals surface area contributed by atoms with Gasteiger partial charge in [0, 0.05) is 37.0 Å². The molecule has 7 nitrogen and oxygen atoms in total. The topological polar surface area (TPSA) is 80.0 Å². The molecule has 0 radical (unpaired) electrons. The normalized spacial score (nSPS) is 15.2. The summed E-state index contributed by atoms with van der Waals surface area (Å²) in [6.07, 6.45) is 4.16. The van der Waals surface area contributed by atoms with E-state index in [1.165, 1.54) is 4.90 Å². The quantitative estimate of drug-likeness (QED) is 0.737. The molecule has 27 heavy (non-hydrogen) atoms. The van der Waals surface area contributed by atoms with Crippen molar-refractivity contribution in [1.82, 2.24) is 19.5 Å². The first-order valence-corrected chi connectivity index (χ1v) is 9.17. The third kappa shape index (κ3) is 3.83. The Balaban J connectivity index is 1.41. The van der Waals surface area contributed by atoms with E-state index in [9.17, 15) is 4.79 Å². The Labute approximate surface area is 161 Å². The van der Waals surface area contributed by atoms with Crippen LogP contribution in [0.3, 0.4) is 0 Å². The molecular weight excluding hydrogens is 368 g/mol. The molecule has 1 amide bonds. The van der Waals surface area contributed by atoms with Gasteiger partial charge >= 0.3 is 6.09 Å². The molecule has 1 aliphatic rings. The van der Waals surface area contributed by atoms with E-state index in [0.717, 1.165) is 29.6 Å². The fraction of sp³-hybridized carbons (Fsp3) is 0.316. The molecule has 1 fully saturated rings. The Bertz CT molecular complexity index is 966. The van der Waals surface area contributed by atoms with Gasteiger partial charge < -0.3 is 14.7 Å². The third-order valence-electron chi connectivity index (χ3n) is 4.85. The summed E-state index contributed by atoms with van der Waals surface area (Å²) in [6.45, 7) is 1.46. The van der Waals surface area contributed by atoms with E-state index < -0.39 is 6.09 Å². The molecule has 8 heteroatoms. The van der Waals surface area contributed by atoms with E-state index in [0.29, 0.717) is 30.6 Å². The van der Waals surface area contributed by atoms with Crippen LogP contribution in [0.15, 0.2) is 42.7 Å². The number of carboxylic acid groups (broad SMARTS) is 1. The molecule has 140 valence electrons. The molecule has 0 saturated carbocycles. The Hall–Kier alpha value is -2.80. The molecule has 4 heterocycles. The van der Waals surface area contributed by atoms with Crippen LogP contribution in [0.25, 0.3) is 5.52 Å². The first-order chi connectivity index (χ1) is 13.1. The first-order valence-electron chi connectivity index (χ1n) is 8.79. The van der Waals surface area contributed by atoms with E-state index in [4.69, 9.17) is 21.4 Å². The van der Waals surface area contributed by atoms with Crippen LogP contribution in [0.2, 0.25) is 5.02 Å². The molecule has 1 N–H and O–H groups in total. The van der Waals surface area contributed by atoms with Crippen molar-refractivity contribution in [2.24, 2.45) is 0 Å². The molecule has 0 atom stereocenters. The second kappa shape index (κ2) is 7.44. The smallest absolute Gasteiger partial charge is 0.407 e. The summed E-state index contributed by atoms with van der Waals surface area (Å²) in [5.74, 6) is 0.818. The van der Waals surface area contributed by atoms with Gasteiger partial charge in [-0.3, -0.25) is 0 Å². The Morgan fingerprint density at radius 1 is 1.30 bits per heavy atom. The largest absolute Gasteiger partial charge is 0.473 e. The highest BCUT2D eigenvalue weighted by Crippen LogP contribution is 2.28. The number of halogens is 1. The van der Waals surface area contributed by atoms with Crippen LogP contribution in [0.5, 0.6) is 5.88 Å². The SMILES string of the molecule is O=C(O)N1CCC(c2cccc(OCc3ccn4ncc(Cl)c4c3)n2)CC1. The molecule has 0 unspecified atom stereocenters. The lowest BCUT2D eigenvalue weighted by Crippen LogP contribution is -2.36. The van der Waals surface area contributed by atoms with Gasteiger partial charge in [-0.25, -0.2) is 14.3 Å². The number of amides is 1. The minimum absolute atomic E-state index is 0.256. The van der Waals surface area contributed by atoms with E-state index in [2.05, 4.69) is 10.1 Å². The fourth-order valence-corrected chi connectivity index (χ4v) is 3.53. The van der Waals surface area contributed by atoms with Crippen molar-refractivity contribution in [2.75, 3.05) is 13.1 Å². The fourth-order valence-electron chi connectivity index (χ4n) is 3.35. The molecule has 1 saturated heterocycles. The summed E-state index contributed by atoms with van der Waals surface area (Å²) in [4.78, 5) is 17.1. The van der Waals surface area contributed by atoms with E-state index in [1.807, 2.05) is 36.5 Å². The lowest BCUT2D eigenvalue weighted by Gasteiger charge is -2.29. The van der Waals surface area contributed by atoms with Gasteiger partial charge in [-0.2, -0.15) is 5.10 Å². The highest BCUT2D eigenvalue weighted by molar-refractivity contribution is 6.33. The Kier molecular flexibility index (Phi) is 4.85. The number of ether oxygens (including phenoxy) is 1. The van der Waals surface area contributed by atoms with Gasteiger partial charge in [0.2, 0.25) is 5.88 Å². The zero-order valence-electron chi connectivity index (χ0n) is 14.6. The number of piperidine rings is 1. The maximum atomic E-state index is 11.0. The minimum atomic E-state index is -0.853. The van der Waals surface area contributed by atoms with Crippen LogP contribution in [-0.2, 0) is 6.61 Å². The number of rotatable bonds is 4. The molecule has 0 bridgehead atoms. The zero-order valence-corrected chi connectivity index (χ0v) is 15.3. The van der Waals surface area contributed by atoms with Gasteiger partial charge in [0.15, 0.2) is 0 Å². The first kappa shape index (κ1) is 17.6. The monoisotopic (exact) mass is 386 g/mol. The number of nitrogens with zero attached hydrogens (tertiary/aromatic N) is 4. The summed E-state index contributed by atoms with van der Waals surface area (Å²) in [7, 11) is 0. The number of pyridine rings is 2. The number of hydrogen-bond acceptors (Lipinski definition) is 4. The standard InChI is InChI=1S/C19H19ClN4O3/c20-15-11-21-24-9-4-13(10-17(15)24)12-27-18-3-1-2-16(22-18)14-5-7-23(8-6-14)19(25)26/h1-4,9-11,14H,5-8,12H2,(H,25,26). The average molecular weight is 387 g/mol. The number of carbonyl (C=O) groups is 1. The maximum absolute atomic E-state index is 11.0. The van der Waals surface area contributed by atoms with Crippen molar-refractivity contribution in [3.63, 3.8) is 0 Å². The molecule has 4 rings (SSSR count). The molecule has 3 aromatic heterocycles. The molecular formula is C19H19ClN4O3. The second-order valence-electron chi connectivity index (χ2n) is 6.59. The van der Waals surface area contributed by atoms with Crippen molar-refractivity contribution < 1.29 is 14.6 Å². The van der Waals surface area contributed by atoms with Gasteiger partial charge in [-0.1, -0.05) is 17.7 Å². The van der Waals surface area contributed by atoms with Gasteiger partial charge in [0.25, 0.3) is 0 Å². The van der Waals surface area contributed by atoms with Crippen molar-refractivity contribution in [1.29, 1.82) is 0 Å². The molecule has 1 aliphatic heterocycles. The van der Waals surface area contributed by atoms with Crippen LogP contribution in [0.1, 0.15) is 30.0 Å². The Morgan fingerprint density at radius 3 is 2.89 bits per heavy atom. The average Bonchev–Trinajstić information content (AvgIpc) is 3.07. The second-order valence-corrected chi connectivity index (χ2v) is 7.00. The zero-order chi connectivity index (χ0) is 18.8. The lowest BCUT2D eigenvalue weighted by atomic mass is 9.93. The number of hydrogen-bond donors (Lipinski definition) is 1. The van der Waals surface area contributed by atoms with Crippen molar-refractivity contribution in [2.45, 2.75) is 25.4 Å². The molecule has 0 spiro atoms. The predicted molar refractivity (Wildman–Crippen MR) is 100 cm³/mol. The van der Waals surface area contributed by atoms with Crippen LogP contribution in [0.4, 0.5) is 4.79 Å². The summed E-state index contributed by atoms with van der Waals surface area (Å²) in [5.41, 5.74) is 2.77. The molecule has 0 aliphatic carbocycles. The van der Waals surface area contributed by atoms with Crippen LogP contribution >= 0.6 is 11.6 Å². The van der Waals surface area contributed by atoms with Crippen LogP contribution in [-0.4, -0.2) is 43.8 Å². The van der Waals surface area contributed by atoms with Gasteiger partial charge in [-0.15, -0.1) is 0 Å². The van der Waals surface area contributed by atoms with E-state index >= 15 is 0 Å². The van der Waals surface area contributed by atoms with Gasteiger partial charge in [-0.05, 0) is 36.6 Å². The summed E-state index contributed by atoms with van der Waals surface area (Å²) in [5, 5.41) is 13.8. The summed E-state index contributed by atoms with van der Waals surface area (Å²) in [6, 6.07) is 9.62. The van der Waals surface area contributed by atoms with Crippen LogP contribution in [0, 0.1) is 0 Å². The van der Waals surface area contributed by atoms with Crippen molar-refractivity contribution >= 4 is 23.2 Å². The van der Waals surface area contributed by atoms with E-state index in [1.54, 1.807) is 10.7 Å². The predicted octanol–water partition coefficient (Wildman–Crippen LogP) is 3.82. The van der Waals surface area contributed by atoms with Crippen LogP contribution < -0.4 is 4.74 Å². The third-order valence-corrected chi connectivity index (χ3v) is 5.15. The molecule has 0 aromatic carbocycles. The highest BCUT2D eigenvalue weighted by Gasteiger charge is 2.24. The summed E-state index contributed by atoms with van der Waals surface area (Å²) >= 11 is 6.12. The lowest BCUT2D eigenvalue weighted by molar-refractivity contribution is 0.131. The van der Waals surface area contributed by atoms with E-state index in [-0.39, 0.29) is 5.92 Å².